The molecule has 1 amide bonds. The van der Waals surface area contributed by atoms with Crippen LogP contribution in [0, 0.1) is 11.7 Å². The monoisotopic (exact) mass is 253 g/mol. The second-order valence-corrected chi connectivity index (χ2v) is 4.38. The number of ether oxygens (including phenoxy) is 1. The van der Waals surface area contributed by atoms with Gasteiger partial charge >= 0.3 is 0 Å². The third kappa shape index (κ3) is 2.98. The van der Waals surface area contributed by atoms with E-state index in [-0.39, 0.29) is 11.7 Å². The Bertz CT molecular complexity index is 446. The molecule has 0 N–H and O–H groups in total. The molecule has 98 valence electrons. The van der Waals surface area contributed by atoms with Crippen molar-refractivity contribution < 1.29 is 18.8 Å². The second-order valence-electron chi connectivity index (χ2n) is 4.38. The Labute approximate surface area is 105 Å². The largest absolute Gasteiger partial charge is 0.490 e. The predicted molar refractivity (Wildman–Crippen MR) is 63.7 cm³/mol. The number of benzene rings is 1. The molecule has 0 bridgehead atoms. The molecule has 1 aliphatic carbocycles. The van der Waals surface area contributed by atoms with Crippen LogP contribution in [0.3, 0.4) is 0 Å². The molecule has 1 aromatic rings. The molecule has 0 saturated heterocycles. The van der Waals surface area contributed by atoms with Gasteiger partial charge in [-0.3, -0.25) is 9.63 Å². The lowest BCUT2D eigenvalue weighted by Gasteiger charge is -2.14. The van der Waals surface area contributed by atoms with E-state index in [1.807, 2.05) is 0 Å². The molecule has 1 aliphatic rings. The number of carbonyl (C=O) groups excluding carboxylic acids is 1. The molecule has 0 atom stereocenters. The van der Waals surface area contributed by atoms with Gasteiger partial charge in [-0.05, 0) is 37.0 Å². The van der Waals surface area contributed by atoms with Crippen LogP contribution in [0.2, 0.25) is 0 Å². The third-order valence-corrected chi connectivity index (χ3v) is 2.91. The van der Waals surface area contributed by atoms with Crippen molar-refractivity contribution in [2.24, 2.45) is 5.92 Å². The topological polar surface area (TPSA) is 38.8 Å². The van der Waals surface area contributed by atoms with E-state index in [9.17, 15) is 9.18 Å². The van der Waals surface area contributed by atoms with E-state index in [0.717, 1.165) is 17.9 Å². The smallest absolute Gasteiger partial charge is 0.277 e. The normalized spacial score (nSPS) is 14.4. The van der Waals surface area contributed by atoms with Crippen LogP contribution in [0.25, 0.3) is 0 Å². The highest BCUT2D eigenvalue weighted by molar-refractivity contribution is 5.93. The number of hydrogen-bond acceptors (Lipinski definition) is 3. The molecule has 1 aromatic carbocycles. The first-order valence-electron chi connectivity index (χ1n) is 5.86. The highest BCUT2D eigenvalue weighted by atomic mass is 19.1. The Morgan fingerprint density at radius 3 is 2.83 bits per heavy atom. The molecular weight excluding hydrogens is 237 g/mol. The minimum atomic E-state index is -0.452. The molecule has 0 aliphatic heterocycles. The number of nitrogens with zero attached hydrogens (tertiary/aromatic N) is 1. The van der Waals surface area contributed by atoms with Crippen LogP contribution in [0.1, 0.15) is 23.2 Å². The minimum Gasteiger partial charge on any atom is -0.490 e. The Morgan fingerprint density at radius 2 is 2.22 bits per heavy atom. The fourth-order valence-corrected chi connectivity index (χ4v) is 1.50. The lowest BCUT2D eigenvalue weighted by atomic mass is 10.2. The zero-order valence-corrected chi connectivity index (χ0v) is 10.5. The van der Waals surface area contributed by atoms with Crippen molar-refractivity contribution in [2.75, 3.05) is 20.8 Å². The van der Waals surface area contributed by atoms with Crippen molar-refractivity contribution >= 4 is 5.91 Å². The number of hydrogen-bond donors (Lipinski definition) is 0. The maximum absolute atomic E-state index is 13.5. The first kappa shape index (κ1) is 12.8. The third-order valence-electron chi connectivity index (χ3n) is 2.91. The van der Waals surface area contributed by atoms with Gasteiger partial charge in [0.1, 0.15) is 0 Å². The standard InChI is InChI=1S/C13H16FNO3/c1-15(17-2)13(16)10-5-6-11(14)12(7-10)18-8-9-3-4-9/h5-7,9H,3-4,8H2,1-2H3. The van der Waals surface area contributed by atoms with E-state index in [4.69, 9.17) is 9.57 Å². The van der Waals surface area contributed by atoms with Crippen molar-refractivity contribution in [2.45, 2.75) is 12.8 Å². The van der Waals surface area contributed by atoms with Gasteiger partial charge in [-0.25, -0.2) is 9.45 Å². The first-order chi connectivity index (χ1) is 8.61. The van der Waals surface area contributed by atoms with Gasteiger partial charge in [0.15, 0.2) is 11.6 Å². The minimum absolute atomic E-state index is 0.122. The zero-order chi connectivity index (χ0) is 13.1. The van der Waals surface area contributed by atoms with Crippen molar-refractivity contribution in [3.63, 3.8) is 0 Å². The van der Waals surface area contributed by atoms with Gasteiger partial charge < -0.3 is 4.74 Å². The van der Waals surface area contributed by atoms with Gasteiger partial charge in [0.05, 0.1) is 13.7 Å². The fraction of sp³-hybridized carbons (Fsp3) is 0.462. The molecule has 1 saturated carbocycles. The second kappa shape index (κ2) is 5.35. The summed E-state index contributed by atoms with van der Waals surface area (Å²) >= 11 is 0. The summed E-state index contributed by atoms with van der Waals surface area (Å²) in [6.45, 7) is 0.509. The Kier molecular flexibility index (Phi) is 3.81. The summed E-state index contributed by atoms with van der Waals surface area (Å²) in [5.74, 6) is -0.135. The number of hydroxylamine groups is 2. The number of carbonyl (C=O) groups is 1. The van der Waals surface area contributed by atoms with E-state index in [2.05, 4.69) is 0 Å². The van der Waals surface area contributed by atoms with Gasteiger partial charge in [0.2, 0.25) is 0 Å². The molecule has 5 heteroatoms. The van der Waals surface area contributed by atoms with E-state index in [1.54, 1.807) is 0 Å². The Morgan fingerprint density at radius 1 is 1.50 bits per heavy atom. The van der Waals surface area contributed by atoms with Gasteiger partial charge in [-0.2, -0.15) is 0 Å². The van der Waals surface area contributed by atoms with Crippen LogP contribution >= 0.6 is 0 Å². The number of rotatable bonds is 5. The van der Waals surface area contributed by atoms with Crippen molar-refractivity contribution in [1.29, 1.82) is 0 Å². The molecule has 0 radical (unpaired) electrons. The average Bonchev–Trinajstić information content (AvgIpc) is 3.20. The van der Waals surface area contributed by atoms with Crippen LogP contribution in [0.15, 0.2) is 18.2 Å². The van der Waals surface area contributed by atoms with Crippen LogP contribution in [0.4, 0.5) is 4.39 Å². The van der Waals surface area contributed by atoms with Crippen molar-refractivity contribution in [1.82, 2.24) is 5.06 Å². The maximum atomic E-state index is 13.5. The van der Waals surface area contributed by atoms with Crippen molar-refractivity contribution in [3.8, 4) is 5.75 Å². The molecule has 4 nitrogen and oxygen atoms in total. The van der Waals surface area contributed by atoms with E-state index >= 15 is 0 Å². The first-order valence-corrected chi connectivity index (χ1v) is 5.86. The number of amides is 1. The van der Waals surface area contributed by atoms with E-state index < -0.39 is 5.82 Å². The summed E-state index contributed by atoms with van der Waals surface area (Å²) in [5.41, 5.74) is 0.339. The summed E-state index contributed by atoms with van der Waals surface area (Å²) in [6.07, 6.45) is 2.26. The van der Waals surface area contributed by atoms with E-state index in [0.29, 0.717) is 18.1 Å². The van der Waals surface area contributed by atoms with Gasteiger partial charge in [0.25, 0.3) is 5.91 Å². The van der Waals surface area contributed by atoms with Crippen LogP contribution in [-0.4, -0.2) is 31.7 Å². The van der Waals surface area contributed by atoms with Gasteiger partial charge in [-0.15, -0.1) is 0 Å². The quantitative estimate of drug-likeness (QED) is 0.755. The molecular formula is C13H16FNO3. The predicted octanol–water partition coefficient (Wildman–Crippen LogP) is 2.25. The zero-order valence-electron chi connectivity index (χ0n) is 10.5. The summed E-state index contributed by atoms with van der Waals surface area (Å²) in [4.78, 5) is 16.6. The highest BCUT2D eigenvalue weighted by Crippen LogP contribution is 2.30. The summed E-state index contributed by atoms with van der Waals surface area (Å²) in [7, 11) is 2.89. The molecule has 0 aromatic heterocycles. The molecule has 18 heavy (non-hydrogen) atoms. The lowest BCUT2D eigenvalue weighted by molar-refractivity contribution is -0.0757. The van der Waals surface area contributed by atoms with E-state index in [1.165, 1.54) is 32.4 Å². The highest BCUT2D eigenvalue weighted by Gasteiger charge is 2.23. The summed E-state index contributed by atoms with van der Waals surface area (Å²) in [6, 6.07) is 4.06. The molecule has 0 unspecified atom stereocenters. The SMILES string of the molecule is CON(C)C(=O)c1ccc(F)c(OCC2CC2)c1. The maximum Gasteiger partial charge on any atom is 0.277 e. The Balaban J connectivity index is 2.11. The van der Waals surface area contributed by atoms with Gasteiger partial charge in [0, 0.05) is 12.6 Å². The Hall–Kier alpha value is -1.62. The fourth-order valence-electron chi connectivity index (χ4n) is 1.50. The summed E-state index contributed by atoms with van der Waals surface area (Å²) in [5, 5.41) is 1.08. The van der Waals surface area contributed by atoms with Crippen LogP contribution < -0.4 is 4.74 Å². The number of halogens is 1. The van der Waals surface area contributed by atoms with Crippen LogP contribution in [-0.2, 0) is 4.84 Å². The molecule has 2 rings (SSSR count). The molecule has 0 spiro atoms. The average molecular weight is 253 g/mol. The van der Waals surface area contributed by atoms with Crippen LogP contribution in [0.5, 0.6) is 5.75 Å². The summed E-state index contributed by atoms with van der Waals surface area (Å²) < 4.78 is 18.9. The van der Waals surface area contributed by atoms with Crippen molar-refractivity contribution in [3.05, 3.63) is 29.6 Å². The van der Waals surface area contributed by atoms with Gasteiger partial charge in [-0.1, -0.05) is 0 Å². The lowest BCUT2D eigenvalue weighted by Crippen LogP contribution is -2.25. The molecule has 1 fully saturated rings. The molecule has 0 heterocycles.